The van der Waals surface area contributed by atoms with Crippen molar-refractivity contribution in [3.63, 3.8) is 0 Å². The van der Waals surface area contributed by atoms with Crippen LogP contribution in [0.1, 0.15) is 36.8 Å². The van der Waals surface area contributed by atoms with Gasteiger partial charge in [0.15, 0.2) is 5.69 Å². The third kappa shape index (κ3) is 3.80. The predicted octanol–water partition coefficient (Wildman–Crippen LogP) is 6.24. The topological polar surface area (TPSA) is 53.4 Å². The first kappa shape index (κ1) is 21.3. The molecule has 0 amide bonds. The summed E-state index contributed by atoms with van der Waals surface area (Å²) in [4.78, 5) is 17.3. The Balaban J connectivity index is 2.12. The smallest absolute Gasteiger partial charge is 0.357 e. The fraction of sp³-hybridized carbons (Fsp3) is 0.280. The minimum Gasteiger partial charge on any atom is -0.458 e. The van der Waals surface area contributed by atoms with E-state index in [2.05, 4.69) is 34.7 Å². The second kappa shape index (κ2) is 8.69. The molecule has 0 spiro atoms. The molecule has 0 fully saturated rings. The van der Waals surface area contributed by atoms with Gasteiger partial charge in [-0.15, -0.1) is 0 Å². The molecule has 0 N–H and O–H groups in total. The van der Waals surface area contributed by atoms with Crippen LogP contribution in [0.25, 0.3) is 32.9 Å². The van der Waals surface area contributed by atoms with Crippen molar-refractivity contribution in [3.8, 4) is 11.1 Å². The molecule has 2 aromatic heterocycles. The number of pyridine rings is 1. The number of hydrogen-bond donors (Lipinski definition) is 0. The molecule has 4 aromatic rings. The highest BCUT2D eigenvalue weighted by atomic mass is 35.5. The summed E-state index contributed by atoms with van der Waals surface area (Å²) < 4.78 is 13.2. The van der Waals surface area contributed by atoms with Crippen LogP contribution in [-0.2, 0) is 22.6 Å². The summed E-state index contributed by atoms with van der Waals surface area (Å²) in [7, 11) is 1.62. The van der Waals surface area contributed by atoms with Crippen LogP contribution >= 0.6 is 11.6 Å². The molecule has 6 heteroatoms. The molecule has 160 valence electrons. The molecule has 2 aromatic carbocycles. The molecule has 5 nitrogen and oxygen atoms in total. The van der Waals surface area contributed by atoms with Gasteiger partial charge in [0.1, 0.15) is 0 Å². The normalized spacial score (nSPS) is 11.5. The van der Waals surface area contributed by atoms with Gasteiger partial charge in [0.2, 0.25) is 0 Å². The monoisotopic (exact) mass is 436 g/mol. The lowest BCUT2D eigenvalue weighted by Gasteiger charge is -2.13. The van der Waals surface area contributed by atoms with Gasteiger partial charge in [-0.1, -0.05) is 35.9 Å². The molecule has 0 saturated carbocycles. The maximum Gasteiger partial charge on any atom is 0.357 e. The van der Waals surface area contributed by atoms with Crippen LogP contribution in [-0.4, -0.2) is 28.7 Å². The Kier molecular flexibility index (Phi) is 5.99. The van der Waals surface area contributed by atoms with E-state index in [0.717, 1.165) is 45.0 Å². The minimum atomic E-state index is -0.440. The number of hydrogen-bond acceptors (Lipinski definition) is 4. The molecule has 0 aliphatic heterocycles. The van der Waals surface area contributed by atoms with Crippen molar-refractivity contribution < 1.29 is 14.3 Å². The van der Waals surface area contributed by atoms with Crippen LogP contribution in [0, 0.1) is 0 Å². The van der Waals surface area contributed by atoms with Crippen molar-refractivity contribution in [1.82, 2.24) is 9.55 Å². The van der Waals surface area contributed by atoms with Crippen molar-refractivity contribution in [3.05, 3.63) is 64.9 Å². The predicted molar refractivity (Wildman–Crippen MR) is 125 cm³/mol. The standard InChI is InChI=1S/C25H25ClN2O3/c1-5-28-20-8-6-7-18(16-9-11-17(26)12-10-16)22(20)23-19(14-30-4)24(27-13-21(23)28)25(29)31-15(2)3/h6-13,15H,5,14H2,1-4H3. The lowest BCUT2D eigenvalue weighted by Crippen LogP contribution is -2.16. The van der Waals surface area contributed by atoms with Gasteiger partial charge in [0, 0.05) is 40.5 Å². The maximum absolute atomic E-state index is 12.8. The van der Waals surface area contributed by atoms with Gasteiger partial charge < -0.3 is 14.0 Å². The number of fused-ring (bicyclic) bond motifs is 3. The van der Waals surface area contributed by atoms with E-state index in [1.54, 1.807) is 13.3 Å². The summed E-state index contributed by atoms with van der Waals surface area (Å²) in [6.45, 7) is 6.78. The third-order valence-electron chi connectivity index (χ3n) is 5.33. The molecule has 0 unspecified atom stereocenters. The number of carbonyl (C=O) groups excluding carboxylic acids is 1. The number of aryl methyl sites for hydroxylation is 1. The molecule has 0 radical (unpaired) electrons. The molecule has 0 bridgehead atoms. The average Bonchev–Trinajstić information content (AvgIpc) is 3.08. The molecule has 0 atom stereocenters. The summed E-state index contributed by atoms with van der Waals surface area (Å²) in [5.41, 5.74) is 5.20. The fourth-order valence-corrected chi connectivity index (χ4v) is 4.25. The molecule has 0 saturated heterocycles. The second-order valence-corrected chi connectivity index (χ2v) is 8.12. The Bertz CT molecular complexity index is 1260. The summed E-state index contributed by atoms with van der Waals surface area (Å²) in [5, 5.41) is 2.72. The van der Waals surface area contributed by atoms with Crippen LogP contribution in [0.4, 0.5) is 0 Å². The Hall–Kier alpha value is -2.89. The van der Waals surface area contributed by atoms with E-state index in [0.29, 0.717) is 10.7 Å². The number of esters is 1. The van der Waals surface area contributed by atoms with Gasteiger partial charge in [0.25, 0.3) is 0 Å². The SMILES string of the molecule is CCn1c2cccc(-c3ccc(Cl)cc3)c2c2c(COC)c(C(=O)OC(C)C)ncc21. The van der Waals surface area contributed by atoms with Crippen LogP contribution in [0.15, 0.2) is 48.7 Å². The quantitative estimate of drug-likeness (QED) is 0.335. The van der Waals surface area contributed by atoms with E-state index in [4.69, 9.17) is 21.1 Å². The van der Waals surface area contributed by atoms with Gasteiger partial charge in [-0.3, -0.25) is 0 Å². The van der Waals surface area contributed by atoms with E-state index in [9.17, 15) is 4.79 Å². The van der Waals surface area contributed by atoms with Crippen LogP contribution in [0.5, 0.6) is 0 Å². The fourth-order valence-electron chi connectivity index (χ4n) is 4.12. The first-order chi connectivity index (χ1) is 15.0. The zero-order valence-electron chi connectivity index (χ0n) is 18.1. The average molecular weight is 437 g/mol. The van der Waals surface area contributed by atoms with E-state index in [-0.39, 0.29) is 12.7 Å². The summed E-state index contributed by atoms with van der Waals surface area (Å²) in [6.07, 6.45) is 1.53. The van der Waals surface area contributed by atoms with E-state index >= 15 is 0 Å². The van der Waals surface area contributed by atoms with Gasteiger partial charge in [-0.25, -0.2) is 9.78 Å². The zero-order valence-corrected chi connectivity index (χ0v) is 18.9. The number of methoxy groups -OCH3 is 1. The number of nitrogens with zero attached hydrogens (tertiary/aromatic N) is 2. The second-order valence-electron chi connectivity index (χ2n) is 7.68. The Labute approximate surface area is 186 Å². The lowest BCUT2D eigenvalue weighted by atomic mass is 9.97. The van der Waals surface area contributed by atoms with Gasteiger partial charge in [0.05, 0.1) is 24.4 Å². The van der Waals surface area contributed by atoms with Crippen molar-refractivity contribution in [2.24, 2.45) is 0 Å². The number of halogens is 1. The van der Waals surface area contributed by atoms with Crippen LogP contribution in [0.2, 0.25) is 5.02 Å². The molecular formula is C25H25ClN2O3. The van der Waals surface area contributed by atoms with Crippen molar-refractivity contribution in [2.45, 2.75) is 40.0 Å². The summed E-state index contributed by atoms with van der Waals surface area (Å²) in [5.74, 6) is -0.440. The highest BCUT2D eigenvalue weighted by molar-refractivity contribution is 6.30. The third-order valence-corrected chi connectivity index (χ3v) is 5.58. The van der Waals surface area contributed by atoms with Crippen molar-refractivity contribution in [1.29, 1.82) is 0 Å². The summed E-state index contributed by atoms with van der Waals surface area (Å²) in [6, 6.07) is 14.0. The zero-order chi connectivity index (χ0) is 22.1. The van der Waals surface area contributed by atoms with E-state index < -0.39 is 5.97 Å². The van der Waals surface area contributed by atoms with Crippen LogP contribution < -0.4 is 0 Å². The number of rotatable bonds is 6. The Morgan fingerprint density at radius 1 is 1.10 bits per heavy atom. The number of ether oxygens (including phenoxy) is 2. The highest BCUT2D eigenvalue weighted by Gasteiger charge is 2.24. The highest BCUT2D eigenvalue weighted by Crippen LogP contribution is 2.39. The Morgan fingerprint density at radius 2 is 1.84 bits per heavy atom. The first-order valence-electron chi connectivity index (χ1n) is 10.3. The molecule has 0 aliphatic carbocycles. The number of benzene rings is 2. The Morgan fingerprint density at radius 3 is 2.48 bits per heavy atom. The molecular weight excluding hydrogens is 412 g/mol. The van der Waals surface area contributed by atoms with Crippen LogP contribution in [0.3, 0.4) is 0 Å². The van der Waals surface area contributed by atoms with Gasteiger partial charge >= 0.3 is 5.97 Å². The number of aromatic nitrogens is 2. The number of carbonyl (C=O) groups is 1. The molecule has 0 aliphatic rings. The molecule has 2 heterocycles. The molecule has 4 rings (SSSR count). The molecule has 31 heavy (non-hydrogen) atoms. The van der Waals surface area contributed by atoms with Gasteiger partial charge in [-0.2, -0.15) is 0 Å². The maximum atomic E-state index is 12.8. The van der Waals surface area contributed by atoms with E-state index in [1.807, 2.05) is 38.1 Å². The summed E-state index contributed by atoms with van der Waals surface area (Å²) >= 11 is 6.12. The largest absolute Gasteiger partial charge is 0.458 e. The lowest BCUT2D eigenvalue weighted by molar-refractivity contribution is 0.0366. The first-order valence-corrected chi connectivity index (χ1v) is 10.7. The van der Waals surface area contributed by atoms with E-state index in [1.165, 1.54) is 0 Å². The minimum absolute atomic E-state index is 0.234. The van der Waals surface area contributed by atoms with Gasteiger partial charge in [-0.05, 0) is 50.1 Å². The van der Waals surface area contributed by atoms with Crippen molar-refractivity contribution in [2.75, 3.05) is 7.11 Å². The van der Waals surface area contributed by atoms with Crippen molar-refractivity contribution >= 4 is 39.4 Å².